The number of sulfone groups is 1. The van der Waals surface area contributed by atoms with Gasteiger partial charge in [-0.15, -0.1) is 24.0 Å². The molecule has 1 unspecified atom stereocenters. The van der Waals surface area contributed by atoms with E-state index in [0.717, 1.165) is 13.0 Å². The molecule has 0 heterocycles. The number of hydrogen-bond acceptors (Lipinski definition) is 3. The van der Waals surface area contributed by atoms with Crippen LogP contribution in [0.5, 0.6) is 0 Å². The van der Waals surface area contributed by atoms with E-state index in [1.807, 2.05) is 31.2 Å². The predicted molar refractivity (Wildman–Crippen MR) is 123 cm³/mol. The summed E-state index contributed by atoms with van der Waals surface area (Å²) in [6, 6.07) is 18.6. The molecule has 0 aliphatic rings. The Morgan fingerprint density at radius 2 is 1.63 bits per heavy atom. The quantitative estimate of drug-likeness (QED) is 0.331. The topological polar surface area (TPSA) is 70.6 Å². The molecule has 2 aromatic carbocycles. The van der Waals surface area contributed by atoms with Crippen LogP contribution >= 0.6 is 24.0 Å². The maximum absolute atomic E-state index is 12.6. The molecule has 0 fully saturated rings. The fourth-order valence-electron chi connectivity index (χ4n) is 2.61. The van der Waals surface area contributed by atoms with Gasteiger partial charge in [0.1, 0.15) is 0 Å². The molecule has 27 heavy (non-hydrogen) atoms. The van der Waals surface area contributed by atoms with Crippen LogP contribution < -0.4 is 10.6 Å². The third kappa shape index (κ3) is 7.88. The van der Waals surface area contributed by atoms with Crippen LogP contribution in [0.3, 0.4) is 0 Å². The molecule has 5 nitrogen and oxygen atoms in total. The van der Waals surface area contributed by atoms with Crippen molar-refractivity contribution in [3.8, 4) is 0 Å². The normalized spacial score (nSPS) is 12.7. The zero-order valence-corrected chi connectivity index (χ0v) is 18.9. The third-order valence-electron chi connectivity index (χ3n) is 4.13. The van der Waals surface area contributed by atoms with Crippen molar-refractivity contribution in [1.82, 2.24) is 10.6 Å². The second-order valence-electron chi connectivity index (χ2n) is 6.08. The molecule has 0 bridgehead atoms. The van der Waals surface area contributed by atoms with Crippen molar-refractivity contribution in [3.05, 3.63) is 66.2 Å². The summed E-state index contributed by atoms with van der Waals surface area (Å²) in [4.78, 5) is 4.56. The third-order valence-corrected chi connectivity index (χ3v) is 5.96. The van der Waals surface area contributed by atoms with Gasteiger partial charge in [-0.2, -0.15) is 0 Å². The lowest BCUT2D eigenvalue weighted by atomic mass is 10.1. The van der Waals surface area contributed by atoms with E-state index in [1.54, 1.807) is 31.3 Å². The zero-order valence-electron chi connectivity index (χ0n) is 15.8. The minimum absolute atomic E-state index is 0. The summed E-state index contributed by atoms with van der Waals surface area (Å²) in [5, 5.41) is 6.48. The highest BCUT2D eigenvalue weighted by Gasteiger charge is 2.20. The van der Waals surface area contributed by atoms with Crippen molar-refractivity contribution in [2.24, 2.45) is 4.99 Å². The molecule has 7 heteroatoms. The van der Waals surface area contributed by atoms with Crippen LogP contribution in [0.1, 0.15) is 18.9 Å². The van der Waals surface area contributed by atoms with Crippen molar-refractivity contribution in [2.75, 3.05) is 19.3 Å². The van der Waals surface area contributed by atoms with Gasteiger partial charge >= 0.3 is 0 Å². The van der Waals surface area contributed by atoms with E-state index in [0.29, 0.717) is 17.3 Å². The van der Waals surface area contributed by atoms with Crippen LogP contribution in [0.2, 0.25) is 0 Å². The SMILES string of the molecule is CCC(CS(=O)(=O)c1ccccc1)NC(=NC)NCCc1ccccc1.I. The van der Waals surface area contributed by atoms with Crippen LogP contribution in [0.4, 0.5) is 0 Å². The van der Waals surface area contributed by atoms with Gasteiger partial charge in [0.25, 0.3) is 0 Å². The van der Waals surface area contributed by atoms with E-state index < -0.39 is 9.84 Å². The molecule has 0 spiro atoms. The van der Waals surface area contributed by atoms with Gasteiger partial charge in [0.15, 0.2) is 15.8 Å². The number of rotatable bonds is 8. The van der Waals surface area contributed by atoms with Crippen molar-refractivity contribution < 1.29 is 8.42 Å². The average Bonchev–Trinajstić information content (AvgIpc) is 2.67. The van der Waals surface area contributed by atoms with Crippen LogP contribution in [-0.4, -0.2) is 39.8 Å². The molecule has 2 N–H and O–H groups in total. The van der Waals surface area contributed by atoms with Crippen LogP contribution in [0, 0.1) is 0 Å². The lowest BCUT2D eigenvalue weighted by molar-refractivity contribution is 0.569. The summed E-state index contributed by atoms with van der Waals surface area (Å²) in [6.45, 7) is 2.70. The minimum Gasteiger partial charge on any atom is -0.356 e. The monoisotopic (exact) mass is 501 g/mol. The first kappa shape index (κ1) is 23.4. The largest absolute Gasteiger partial charge is 0.356 e. The fraction of sp³-hybridized carbons (Fsp3) is 0.350. The number of halogens is 1. The summed E-state index contributed by atoms with van der Waals surface area (Å²) in [7, 11) is -1.64. The van der Waals surface area contributed by atoms with Gasteiger partial charge in [0.05, 0.1) is 10.6 Å². The Balaban J connectivity index is 0.00000364. The Morgan fingerprint density at radius 1 is 1.04 bits per heavy atom. The van der Waals surface area contributed by atoms with Crippen molar-refractivity contribution in [2.45, 2.75) is 30.7 Å². The van der Waals surface area contributed by atoms with Crippen molar-refractivity contribution in [1.29, 1.82) is 0 Å². The summed E-state index contributed by atoms with van der Waals surface area (Å²) >= 11 is 0. The molecule has 0 amide bonds. The van der Waals surface area contributed by atoms with Gasteiger partial charge in [0.2, 0.25) is 0 Å². The van der Waals surface area contributed by atoms with E-state index in [1.165, 1.54) is 5.56 Å². The summed E-state index contributed by atoms with van der Waals surface area (Å²) in [5.74, 6) is 0.656. The van der Waals surface area contributed by atoms with Gasteiger partial charge in [-0.05, 0) is 30.5 Å². The second kappa shape index (κ2) is 12.0. The van der Waals surface area contributed by atoms with E-state index in [4.69, 9.17) is 0 Å². The predicted octanol–water partition coefficient (Wildman–Crippen LogP) is 3.26. The summed E-state index contributed by atoms with van der Waals surface area (Å²) < 4.78 is 25.1. The molecule has 148 valence electrons. The Hall–Kier alpha value is -1.61. The summed E-state index contributed by atoms with van der Waals surface area (Å²) in [6.07, 6.45) is 1.56. The Kier molecular flexibility index (Phi) is 10.4. The zero-order chi connectivity index (χ0) is 18.8. The Morgan fingerprint density at radius 3 is 2.19 bits per heavy atom. The first-order valence-corrected chi connectivity index (χ1v) is 10.5. The molecule has 0 saturated carbocycles. The standard InChI is InChI=1S/C20H27N3O2S.HI/c1-3-18(16-26(24,25)19-12-8-5-9-13-19)23-20(21-2)22-15-14-17-10-6-4-7-11-17;/h4-13,18H,3,14-16H2,1-2H3,(H2,21,22,23);1H. The lowest BCUT2D eigenvalue weighted by Gasteiger charge is -2.20. The van der Waals surface area contributed by atoms with Crippen LogP contribution in [0.15, 0.2) is 70.6 Å². The number of nitrogens with one attached hydrogen (secondary N) is 2. The van der Waals surface area contributed by atoms with Crippen LogP contribution in [0.25, 0.3) is 0 Å². The highest BCUT2D eigenvalue weighted by atomic mass is 127. The van der Waals surface area contributed by atoms with Gasteiger partial charge < -0.3 is 10.6 Å². The highest BCUT2D eigenvalue weighted by Crippen LogP contribution is 2.12. The van der Waals surface area contributed by atoms with Gasteiger partial charge in [-0.3, -0.25) is 4.99 Å². The molecule has 0 aliphatic carbocycles. The first-order valence-electron chi connectivity index (χ1n) is 8.84. The molecule has 2 aromatic rings. The summed E-state index contributed by atoms with van der Waals surface area (Å²) in [5.41, 5.74) is 1.24. The molecule has 0 aliphatic heterocycles. The number of aliphatic imine (C=N–C) groups is 1. The second-order valence-corrected chi connectivity index (χ2v) is 8.11. The van der Waals surface area contributed by atoms with E-state index in [-0.39, 0.29) is 35.8 Å². The van der Waals surface area contributed by atoms with Crippen molar-refractivity contribution >= 4 is 39.8 Å². The number of benzene rings is 2. The Labute approximate surface area is 179 Å². The molecule has 2 rings (SSSR count). The van der Waals surface area contributed by atoms with Gasteiger partial charge in [0, 0.05) is 19.6 Å². The maximum Gasteiger partial charge on any atom is 0.191 e. The lowest BCUT2D eigenvalue weighted by Crippen LogP contribution is -2.46. The minimum atomic E-state index is -3.33. The fourth-order valence-corrected chi connectivity index (χ4v) is 4.22. The number of hydrogen-bond donors (Lipinski definition) is 2. The maximum atomic E-state index is 12.6. The van der Waals surface area contributed by atoms with E-state index in [2.05, 4.69) is 27.8 Å². The highest BCUT2D eigenvalue weighted by molar-refractivity contribution is 14.0. The first-order chi connectivity index (χ1) is 12.5. The number of guanidine groups is 1. The molecular formula is C20H28IN3O2S. The Bertz CT molecular complexity index is 796. The average molecular weight is 501 g/mol. The molecular weight excluding hydrogens is 473 g/mol. The molecule has 0 saturated heterocycles. The number of nitrogens with zero attached hydrogens (tertiary/aromatic N) is 1. The van der Waals surface area contributed by atoms with Crippen LogP contribution in [-0.2, 0) is 16.3 Å². The van der Waals surface area contributed by atoms with Crippen molar-refractivity contribution in [3.63, 3.8) is 0 Å². The van der Waals surface area contributed by atoms with E-state index in [9.17, 15) is 8.42 Å². The molecule has 1 atom stereocenters. The molecule has 0 radical (unpaired) electrons. The smallest absolute Gasteiger partial charge is 0.191 e. The van der Waals surface area contributed by atoms with E-state index >= 15 is 0 Å². The van der Waals surface area contributed by atoms with Gasteiger partial charge in [-0.25, -0.2) is 8.42 Å². The molecule has 0 aromatic heterocycles. The van der Waals surface area contributed by atoms with Gasteiger partial charge in [-0.1, -0.05) is 55.5 Å².